The normalized spacial score (nSPS) is 11.8. The molecule has 0 amide bonds. The van der Waals surface area contributed by atoms with Crippen LogP contribution in [0.2, 0.25) is 0 Å². The molecular formula is C13H20N2O4S. The Hall–Kier alpha value is -1.47. The molecule has 0 saturated heterocycles. The van der Waals surface area contributed by atoms with E-state index in [1.54, 1.807) is 0 Å². The van der Waals surface area contributed by atoms with E-state index in [4.69, 9.17) is 0 Å². The van der Waals surface area contributed by atoms with Crippen molar-refractivity contribution >= 4 is 15.7 Å². The van der Waals surface area contributed by atoms with E-state index in [2.05, 4.69) is 4.72 Å². The first-order chi connectivity index (χ1) is 9.38. The number of non-ortho nitro benzene ring substituents is 1. The molecule has 1 aromatic rings. The lowest BCUT2D eigenvalue weighted by atomic mass is 10.0. The third-order valence-corrected chi connectivity index (χ3v) is 4.57. The molecule has 0 radical (unpaired) electrons. The van der Waals surface area contributed by atoms with Gasteiger partial charge in [0.2, 0.25) is 10.0 Å². The van der Waals surface area contributed by atoms with Crippen LogP contribution in [0, 0.1) is 16.0 Å². The maximum absolute atomic E-state index is 11.9. The molecule has 1 rings (SSSR count). The zero-order chi connectivity index (χ0) is 15.2. The second-order valence-corrected chi connectivity index (χ2v) is 6.52. The molecular weight excluding hydrogens is 280 g/mol. The molecule has 0 aliphatic rings. The van der Waals surface area contributed by atoms with E-state index in [9.17, 15) is 18.5 Å². The lowest BCUT2D eigenvalue weighted by molar-refractivity contribution is -0.384. The van der Waals surface area contributed by atoms with Gasteiger partial charge in [-0.1, -0.05) is 38.8 Å². The van der Waals surface area contributed by atoms with Crippen molar-refractivity contribution in [3.05, 3.63) is 39.9 Å². The number of nitrogens with one attached hydrogen (secondary N) is 1. The van der Waals surface area contributed by atoms with Crippen LogP contribution in [0.4, 0.5) is 5.69 Å². The highest BCUT2D eigenvalue weighted by atomic mass is 32.2. The standard InChI is InChI=1S/C13H20N2O4S/c1-3-11(4-2)9-14-20(18,19)10-12-5-7-13(8-6-12)15(16)17/h5-8,11,14H,3-4,9-10H2,1-2H3. The second-order valence-electron chi connectivity index (χ2n) is 4.71. The van der Waals surface area contributed by atoms with Crippen molar-refractivity contribution in [3.63, 3.8) is 0 Å². The number of benzene rings is 1. The number of hydrogen-bond acceptors (Lipinski definition) is 4. The molecule has 0 aliphatic carbocycles. The number of rotatable bonds is 8. The van der Waals surface area contributed by atoms with Gasteiger partial charge >= 0.3 is 0 Å². The predicted octanol–water partition coefficient (Wildman–Crippen LogP) is 2.45. The zero-order valence-electron chi connectivity index (χ0n) is 11.7. The average Bonchev–Trinajstić information content (AvgIpc) is 2.40. The highest BCUT2D eigenvalue weighted by Crippen LogP contribution is 2.14. The van der Waals surface area contributed by atoms with Gasteiger partial charge in [-0.25, -0.2) is 13.1 Å². The Balaban J connectivity index is 2.64. The van der Waals surface area contributed by atoms with E-state index in [0.29, 0.717) is 18.0 Å². The summed E-state index contributed by atoms with van der Waals surface area (Å²) in [6.45, 7) is 4.49. The summed E-state index contributed by atoms with van der Waals surface area (Å²) in [4.78, 5) is 10.0. The van der Waals surface area contributed by atoms with Crippen molar-refractivity contribution in [2.45, 2.75) is 32.4 Å². The molecule has 0 spiro atoms. The van der Waals surface area contributed by atoms with E-state index >= 15 is 0 Å². The van der Waals surface area contributed by atoms with Gasteiger partial charge < -0.3 is 0 Å². The van der Waals surface area contributed by atoms with Gasteiger partial charge in [0, 0.05) is 18.7 Å². The largest absolute Gasteiger partial charge is 0.269 e. The van der Waals surface area contributed by atoms with Crippen molar-refractivity contribution in [1.82, 2.24) is 4.72 Å². The number of nitro benzene ring substituents is 1. The molecule has 6 nitrogen and oxygen atoms in total. The van der Waals surface area contributed by atoms with Crippen molar-refractivity contribution < 1.29 is 13.3 Å². The van der Waals surface area contributed by atoms with Gasteiger partial charge in [-0.15, -0.1) is 0 Å². The van der Waals surface area contributed by atoms with E-state index in [1.165, 1.54) is 24.3 Å². The lowest BCUT2D eigenvalue weighted by Gasteiger charge is -2.13. The summed E-state index contributed by atoms with van der Waals surface area (Å²) in [6.07, 6.45) is 1.85. The van der Waals surface area contributed by atoms with E-state index in [0.717, 1.165) is 12.8 Å². The van der Waals surface area contributed by atoms with Crippen molar-refractivity contribution in [2.24, 2.45) is 5.92 Å². The Morgan fingerprint density at radius 2 is 1.75 bits per heavy atom. The predicted molar refractivity (Wildman–Crippen MR) is 77.8 cm³/mol. The number of nitro groups is 1. The number of nitrogens with zero attached hydrogens (tertiary/aromatic N) is 1. The monoisotopic (exact) mass is 300 g/mol. The van der Waals surface area contributed by atoms with E-state index in [1.807, 2.05) is 13.8 Å². The second kappa shape index (κ2) is 7.35. The molecule has 112 valence electrons. The SMILES string of the molecule is CCC(CC)CNS(=O)(=O)Cc1ccc([N+](=O)[O-])cc1. The average molecular weight is 300 g/mol. The molecule has 0 heterocycles. The number of hydrogen-bond donors (Lipinski definition) is 1. The fourth-order valence-electron chi connectivity index (χ4n) is 1.81. The van der Waals surface area contributed by atoms with Gasteiger partial charge in [0.25, 0.3) is 5.69 Å². The van der Waals surface area contributed by atoms with Gasteiger partial charge in [0.15, 0.2) is 0 Å². The fraction of sp³-hybridized carbons (Fsp3) is 0.538. The summed E-state index contributed by atoms with van der Waals surface area (Å²) in [5.74, 6) is 0.173. The minimum Gasteiger partial charge on any atom is -0.258 e. The highest BCUT2D eigenvalue weighted by Gasteiger charge is 2.14. The summed E-state index contributed by atoms with van der Waals surface area (Å²) in [7, 11) is -3.40. The third kappa shape index (κ3) is 5.26. The van der Waals surface area contributed by atoms with Crippen molar-refractivity contribution in [2.75, 3.05) is 6.54 Å². The summed E-state index contributed by atoms with van der Waals surface area (Å²) >= 11 is 0. The molecule has 0 aliphatic heterocycles. The summed E-state index contributed by atoms with van der Waals surface area (Å²) < 4.78 is 26.4. The number of sulfonamides is 1. The Bertz CT molecular complexity index is 536. The Morgan fingerprint density at radius 3 is 2.20 bits per heavy atom. The maximum Gasteiger partial charge on any atom is 0.269 e. The third-order valence-electron chi connectivity index (χ3n) is 3.25. The van der Waals surface area contributed by atoms with Crippen LogP contribution in [-0.2, 0) is 15.8 Å². The van der Waals surface area contributed by atoms with Gasteiger partial charge in [0.05, 0.1) is 10.7 Å². The molecule has 0 atom stereocenters. The molecule has 0 saturated carbocycles. The molecule has 7 heteroatoms. The van der Waals surface area contributed by atoms with Crippen molar-refractivity contribution in [1.29, 1.82) is 0 Å². The van der Waals surface area contributed by atoms with Gasteiger partial charge in [0.1, 0.15) is 0 Å². The lowest BCUT2D eigenvalue weighted by Crippen LogP contribution is -2.30. The quantitative estimate of drug-likeness (QED) is 0.590. The van der Waals surface area contributed by atoms with Crippen LogP contribution < -0.4 is 4.72 Å². The van der Waals surface area contributed by atoms with Gasteiger partial charge in [-0.05, 0) is 11.5 Å². The van der Waals surface area contributed by atoms with Crippen LogP contribution in [-0.4, -0.2) is 19.9 Å². The first kappa shape index (κ1) is 16.6. The van der Waals surface area contributed by atoms with Crippen LogP contribution in [0.1, 0.15) is 32.3 Å². The smallest absolute Gasteiger partial charge is 0.258 e. The first-order valence-electron chi connectivity index (χ1n) is 6.58. The minimum atomic E-state index is -3.40. The van der Waals surface area contributed by atoms with E-state index in [-0.39, 0.29) is 11.4 Å². The Kier molecular flexibility index (Phi) is 6.09. The van der Waals surface area contributed by atoms with Crippen LogP contribution in [0.25, 0.3) is 0 Å². The molecule has 0 fully saturated rings. The molecule has 0 aromatic heterocycles. The first-order valence-corrected chi connectivity index (χ1v) is 8.23. The molecule has 1 N–H and O–H groups in total. The summed E-state index contributed by atoms with van der Waals surface area (Å²) in [5.41, 5.74) is 0.490. The van der Waals surface area contributed by atoms with Gasteiger partial charge in [-0.2, -0.15) is 0 Å². The Morgan fingerprint density at radius 1 is 1.20 bits per heavy atom. The highest BCUT2D eigenvalue weighted by molar-refractivity contribution is 7.88. The molecule has 0 bridgehead atoms. The Labute approximate surface area is 119 Å². The molecule has 20 heavy (non-hydrogen) atoms. The van der Waals surface area contributed by atoms with Crippen LogP contribution in [0.3, 0.4) is 0 Å². The van der Waals surface area contributed by atoms with Gasteiger partial charge in [-0.3, -0.25) is 10.1 Å². The van der Waals surface area contributed by atoms with Crippen molar-refractivity contribution in [3.8, 4) is 0 Å². The van der Waals surface area contributed by atoms with Crippen LogP contribution in [0.15, 0.2) is 24.3 Å². The minimum absolute atomic E-state index is 0.0452. The molecule has 0 unspecified atom stereocenters. The maximum atomic E-state index is 11.9. The van der Waals surface area contributed by atoms with Crippen LogP contribution >= 0.6 is 0 Å². The fourth-order valence-corrected chi connectivity index (χ4v) is 3.03. The van der Waals surface area contributed by atoms with Crippen LogP contribution in [0.5, 0.6) is 0 Å². The summed E-state index contributed by atoms with van der Waals surface area (Å²) in [6, 6.07) is 5.56. The molecule has 1 aromatic carbocycles. The topological polar surface area (TPSA) is 89.3 Å². The zero-order valence-corrected chi connectivity index (χ0v) is 12.5. The summed E-state index contributed by atoms with van der Waals surface area (Å²) in [5, 5.41) is 10.5. The van der Waals surface area contributed by atoms with E-state index < -0.39 is 14.9 Å².